The van der Waals surface area contributed by atoms with Gasteiger partial charge >= 0.3 is 5.97 Å². The summed E-state index contributed by atoms with van der Waals surface area (Å²) in [4.78, 5) is 23.0. The number of halogens is 1. The molecular weight excluding hydrogens is 297 g/mol. The molecule has 0 heterocycles. The summed E-state index contributed by atoms with van der Waals surface area (Å²) in [5.41, 5.74) is 0. The maximum absolute atomic E-state index is 13.0. The lowest BCUT2D eigenvalue weighted by atomic mass is 10.2. The first kappa shape index (κ1) is 17.3. The zero-order valence-electron chi connectivity index (χ0n) is 11.8. The number of carboxylic acids is 1. The van der Waals surface area contributed by atoms with Crippen molar-refractivity contribution < 1.29 is 23.8 Å². The minimum Gasteiger partial charge on any atom is -0.481 e. The number of amides is 1. The Morgan fingerprint density at radius 3 is 2.76 bits per heavy atom. The van der Waals surface area contributed by atoms with Gasteiger partial charge in [-0.05, 0) is 37.5 Å². The van der Waals surface area contributed by atoms with Crippen molar-refractivity contribution >= 4 is 23.6 Å². The van der Waals surface area contributed by atoms with Gasteiger partial charge in [0.15, 0.2) is 6.10 Å². The number of carboxylic acid groups (broad SMARTS) is 1. The van der Waals surface area contributed by atoms with Crippen LogP contribution in [-0.4, -0.2) is 41.1 Å². The Kier molecular flexibility index (Phi) is 7.01. The number of carbonyl (C=O) groups is 2. The van der Waals surface area contributed by atoms with Crippen LogP contribution in [0.5, 0.6) is 5.75 Å². The molecule has 7 heteroatoms. The van der Waals surface area contributed by atoms with Gasteiger partial charge in [0, 0.05) is 6.07 Å². The first-order valence-electron chi connectivity index (χ1n) is 6.38. The maximum atomic E-state index is 13.0. The van der Waals surface area contributed by atoms with Gasteiger partial charge in [0.05, 0.1) is 0 Å². The van der Waals surface area contributed by atoms with Gasteiger partial charge in [0.25, 0.3) is 5.91 Å². The SMILES string of the molecule is CSCC[C@H](NC(=O)C(C)Oc1cccc(F)c1)C(=O)O. The van der Waals surface area contributed by atoms with Crippen molar-refractivity contribution in [1.29, 1.82) is 0 Å². The standard InChI is InChI=1S/C14H18FNO4S/c1-9(20-11-5-3-4-10(15)8-11)13(17)16-12(14(18)19)6-7-21-2/h3-5,8-9,12H,6-7H2,1-2H3,(H,16,17)(H,18,19)/t9?,12-/m0/s1. The fourth-order valence-corrected chi connectivity index (χ4v) is 2.05. The van der Waals surface area contributed by atoms with Gasteiger partial charge in [-0.3, -0.25) is 4.79 Å². The van der Waals surface area contributed by atoms with Crippen molar-refractivity contribution in [2.24, 2.45) is 0 Å². The number of carbonyl (C=O) groups excluding carboxylic acids is 1. The number of nitrogens with one attached hydrogen (secondary N) is 1. The smallest absolute Gasteiger partial charge is 0.326 e. The van der Waals surface area contributed by atoms with Crippen LogP contribution in [0.4, 0.5) is 4.39 Å². The van der Waals surface area contributed by atoms with E-state index in [1.165, 1.54) is 36.9 Å². The highest BCUT2D eigenvalue weighted by Gasteiger charge is 2.23. The summed E-state index contributed by atoms with van der Waals surface area (Å²) in [6.07, 6.45) is 1.27. The number of benzene rings is 1. The van der Waals surface area contributed by atoms with Crippen LogP contribution in [0.3, 0.4) is 0 Å². The predicted octanol–water partition coefficient (Wildman–Crippen LogP) is 1.92. The van der Waals surface area contributed by atoms with Crippen LogP contribution in [0.25, 0.3) is 0 Å². The number of rotatable bonds is 8. The quantitative estimate of drug-likeness (QED) is 0.766. The molecule has 0 aromatic heterocycles. The zero-order chi connectivity index (χ0) is 15.8. The molecule has 0 aliphatic rings. The molecule has 2 N–H and O–H groups in total. The molecule has 0 saturated heterocycles. The fraction of sp³-hybridized carbons (Fsp3) is 0.429. The van der Waals surface area contributed by atoms with Crippen molar-refractivity contribution in [1.82, 2.24) is 5.32 Å². The minimum absolute atomic E-state index is 0.216. The van der Waals surface area contributed by atoms with E-state index in [2.05, 4.69) is 5.32 Å². The predicted molar refractivity (Wildman–Crippen MR) is 79.1 cm³/mol. The average molecular weight is 315 g/mol. The van der Waals surface area contributed by atoms with Crippen molar-refractivity contribution in [2.75, 3.05) is 12.0 Å². The molecule has 0 saturated carbocycles. The van der Waals surface area contributed by atoms with E-state index in [0.717, 1.165) is 6.07 Å². The maximum Gasteiger partial charge on any atom is 0.326 e. The molecule has 1 aromatic carbocycles. The molecular formula is C14H18FNO4S. The first-order valence-corrected chi connectivity index (χ1v) is 7.77. The van der Waals surface area contributed by atoms with E-state index in [9.17, 15) is 14.0 Å². The summed E-state index contributed by atoms with van der Waals surface area (Å²) in [5, 5.41) is 11.5. The molecule has 1 amide bonds. The van der Waals surface area contributed by atoms with Crippen LogP contribution >= 0.6 is 11.8 Å². The molecule has 5 nitrogen and oxygen atoms in total. The molecule has 1 rings (SSSR count). The van der Waals surface area contributed by atoms with Crippen LogP contribution < -0.4 is 10.1 Å². The Hall–Kier alpha value is -1.76. The van der Waals surface area contributed by atoms with E-state index < -0.39 is 29.8 Å². The molecule has 0 radical (unpaired) electrons. The Morgan fingerprint density at radius 2 is 2.19 bits per heavy atom. The number of hydrogen-bond acceptors (Lipinski definition) is 4. The Balaban J connectivity index is 2.58. The third kappa shape index (κ3) is 6.03. The third-order valence-corrected chi connectivity index (χ3v) is 3.35. The molecule has 0 bridgehead atoms. The van der Waals surface area contributed by atoms with Crippen molar-refractivity contribution in [3.05, 3.63) is 30.1 Å². The lowest BCUT2D eigenvalue weighted by Gasteiger charge is -2.18. The zero-order valence-corrected chi connectivity index (χ0v) is 12.7. The summed E-state index contributed by atoms with van der Waals surface area (Å²) in [7, 11) is 0. The highest BCUT2D eigenvalue weighted by Crippen LogP contribution is 2.14. The first-order chi connectivity index (χ1) is 9.93. The van der Waals surface area contributed by atoms with E-state index in [1.54, 1.807) is 0 Å². The van der Waals surface area contributed by atoms with Crippen molar-refractivity contribution in [3.63, 3.8) is 0 Å². The van der Waals surface area contributed by atoms with Crippen LogP contribution in [0.1, 0.15) is 13.3 Å². The van der Waals surface area contributed by atoms with E-state index in [0.29, 0.717) is 12.2 Å². The lowest BCUT2D eigenvalue weighted by Crippen LogP contribution is -2.46. The van der Waals surface area contributed by atoms with Gasteiger partial charge < -0.3 is 15.2 Å². The van der Waals surface area contributed by atoms with Gasteiger partial charge in [-0.15, -0.1) is 0 Å². The minimum atomic E-state index is -1.09. The second-order valence-corrected chi connectivity index (χ2v) is 5.38. The highest BCUT2D eigenvalue weighted by atomic mass is 32.2. The monoisotopic (exact) mass is 315 g/mol. The molecule has 0 fully saturated rings. The molecule has 2 atom stereocenters. The second-order valence-electron chi connectivity index (χ2n) is 4.40. The normalized spacial score (nSPS) is 13.3. The number of ether oxygens (including phenoxy) is 1. The molecule has 1 aromatic rings. The van der Waals surface area contributed by atoms with Crippen LogP contribution in [0.2, 0.25) is 0 Å². The molecule has 0 aliphatic carbocycles. The summed E-state index contributed by atoms with van der Waals surface area (Å²) in [6, 6.07) is 4.46. The van der Waals surface area contributed by atoms with Gasteiger partial charge in [-0.25, -0.2) is 9.18 Å². The molecule has 0 aliphatic heterocycles. The molecule has 1 unspecified atom stereocenters. The molecule has 21 heavy (non-hydrogen) atoms. The van der Waals surface area contributed by atoms with E-state index in [-0.39, 0.29) is 5.75 Å². The number of aliphatic carboxylic acids is 1. The Labute approximate surface area is 126 Å². The van der Waals surface area contributed by atoms with E-state index >= 15 is 0 Å². The molecule has 116 valence electrons. The number of hydrogen-bond donors (Lipinski definition) is 2. The van der Waals surface area contributed by atoms with Gasteiger partial charge in [-0.1, -0.05) is 6.07 Å². The van der Waals surface area contributed by atoms with E-state index in [4.69, 9.17) is 9.84 Å². The van der Waals surface area contributed by atoms with Gasteiger partial charge in [-0.2, -0.15) is 11.8 Å². The van der Waals surface area contributed by atoms with Crippen LogP contribution in [0, 0.1) is 5.82 Å². The van der Waals surface area contributed by atoms with Gasteiger partial charge in [0.2, 0.25) is 0 Å². The molecule has 0 spiro atoms. The number of thioether (sulfide) groups is 1. The Morgan fingerprint density at radius 1 is 1.48 bits per heavy atom. The van der Waals surface area contributed by atoms with Crippen molar-refractivity contribution in [2.45, 2.75) is 25.5 Å². The largest absolute Gasteiger partial charge is 0.481 e. The summed E-state index contributed by atoms with van der Waals surface area (Å²) in [6.45, 7) is 1.48. The summed E-state index contributed by atoms with van der Waals surface area (Å²) in [5.74, 6) is -1.27. The van der Waals surface area contributed by atoms with E-state index in [1.807, 2.05) is 6.26 Å². The summed E-state index contributed by atoms with van der Waals surface area (Å²) < 4.78 is 18.3. The summed E-state index contributed by atoms with van der Waals surface area (Å²) >= 11 is 1.50. The van der Waals surface area contributed by atoms with Crippen LogP contribution in [-0.2, 0) is 9.59 Å². The Bertz CT molecular complexity index is 498. The highest BCUT2D eigenvalue weighted by molar-refractivity contribution is 7.98. The van der Waals surface area contributed by atoms with Crippen LogP contribution in [0.15, 0.2) is 24.3 Å². The average Bonchev–Trinajstić information content (AvgIpc) is 2.42. The van der Waals surface area contributed by atoms with Gasteiger partial charge in [0.1, 0.15) is 17.6 Å². The lowest BCUT2D eigenvalue weighted by molar-refractivity contribution is -0.142. The fourth-order valence-electron chi connectivity index (χ4n) is 1.58. The third-order valence-electron chi connectivity index (χ3n) is 2.70. The second kappa shape index (κ2) is 8.51. The topological polar surface area (TPSA) is 75.6 Å². The van der Waals surface area contributed by atoms with Crippen molar-refractivity contribution in [3.8, 4) is 5.75 Å².